The molecule has 4 N–H and O–H groups in total. The molecule has 1 aromatic rings. The first kappa shape index (κ1) is 18.5. The Morgan fingerprint density at radius 3 is 2.04 bits per heavy atom. The van der Waals surface area contributed by atoms with Crippen LogP contribution in [0.4, 0.5) is 13.2 Å². The van der Waals surface area contributed by atoms with Crippen molar-refractivity contribution < 1.29 is 22.8 Å². The van der Waals surface area contributed by atoms with E-state index in [0.29, 0.717) is 22.9 Å². The van der Waals surface area contributed by atoms with Crippen molar-refractivity contribution in [3.8, 4) is 0 Å². The van der Waals surface area contributed by atoms with Crippen molar-refractivity contribution in [1.29, 1.82) is 0 Å². The Balaban J connectivity index is 2.07. The molecule has 3 aliphatic rings. The Labute approximate surface area is 162 Å². The fraction of sp³-hybridized carbons (Fsp3) is 0.474. The molecule has 4 rings (SSSR count). The van der Waals surface area contributed by atoms with Crippen molar-refractivity contribution >= 4 is 27.7 Å². The van der Waals surface area contributed by atoms with Crippen LogP contribution in [0.5, 0.6) is 0 Å². The molecule has 0 heterocycles. The number of rotatable bonds is 4. The molecule has 4 nitrogen and oxygen atoms in total. The van der Waals surface area contributed by atoms with Gasteiger partial charge in [0.2, 0.25) is 11.8 Å². The summed E-state index contributed by atoms with van der Waals surface area (Å²) in [5.41, 5.74) is 7.27. The molecule has 8 heteroatoms. The lowest BCUT2D eigenvalue weighted by molar-refractivity contribution is -0.181. The van der Waals surface area contributed by atoms with Crippen molar-refractivity contribution in [2.24, 2.45) is 34.1 Å². The standard InChI is InChI=1S/C19H18BrF3N2O2/c20-11-3-1-10(2-4-11)19(15(25)27)13-6-5-12(16(13)7-8-16)17(19,14(24)26)9-18(21,22)23/h1-6,12-13H,7-9H2,(H2,24,26)(H2,25,27)/t12-,13+,17+,19-/m1/s1. The molecule has 2 saturated carbocycles. The Kier molecular flexibility index (Phi) is 3.68. The van der Waals surface area contributed by atoms with Crippen LogP contribution in [0.3, 0.4) is 0 Å². The summed E-state index contributed by atoms with van der Waals surface area (Å²) in [5, 5.41) is 0. The number of hydrogen-bond donors (Lipinski definition) is 2. The van der Waals surface area contributed by atoms with Crippen LogP contribution in [-0.4, -0.2) is 18.0 Å². The van der Waals surface area contributed by atoms with Gasteiger partial charge in [-0.1, -0.05) is 40.2 Å². The molecule has 2 amide bonds. The maximum absolute atomic E-state index is 13.7. The van der Waals surface area contributed by atoms with Crippen LogP contribution in [0.25, 0.3) is 0 Å². The zero-order valence-corrected chi connectivity index (χ0v) is 15.8. The van der Waals surface area contributed by atoms with Crippen molar-refractivity contribution in [2.45, 2.75) is 30.9 Å². The quantitative estimate of drug-likeness (QED) is 0.701. The molecule has 2 bridgehead atoms. The van der Waals surface area contributed by atoms with E-state index in [0.717, 1.165) is 0 Å². The van der Waals surface area contributed by atoms with Gasteiger partial charge in [-0.3, -0.25) is 9.59 Å². The maximum Gasteiger partial charge on any atom is 0.390 e. The van der Waals surface area contributed by atoms with E-state index in [1.165, 1.54) is 0 Å². The fourth-order valence-corrected chi connectivity index (χ4v) is 6.25. The predicted molar refractivity (Wildman–Crippen MR) is 95.1 cm³/mol. The van der Waals surface area contributed by atoms with Gasteiger partial charge in [-0.25, -0.2) is 0 Å². The van der Waals surface area contributed by atoms with E-state index in [2.05, 4.69) is 15.9 Å². The first-order valence-corrected chi connectivity index (χ1v) is 9.42. The van der Waals surface area contributed by atoms with Gasteiger partial charge in [0.1, 0.15) is 0 Å². The summed E-state index contributed by atoms with van der Waals surface area (Å²) < 4.78 is 41.8. The van der Waals surface area contributed by atoms with Gasteiger partial charge < -0.3 is 11.5 Å². The van der Waals surface area contributed by atoms with Crippen molar-refractivity contribution in [1.82, 2.24) is 0 Å². The zero-order valence-electron chi connectivity index (χ0n) is 14.2. The monoisotopic (exact) mass is 442 g/mol. The highest BCUT2D eigenvalue weighted by Crippen LogP contribution is 2.81. The minimum Gasteiger partial charge on any atom is -0.369 e. The molecular weight excluding hydrogens is 425 g/mol. The molecule has 1 aromatic carbocycles. The second-order valence-corrected chi connectivity index (χ2v) is 8.80. The summed E-state index contributed by atoms with van der Waals surface area (Å²) in [4.78, 5) is 25.7. The summed E-state index contributed by atoms with van der Waals surface area (Å²) in [6.45, 7) is 0. The molecular formula is C19H18BrF3N2O2. The average molecular weight is 443 g/mol. The Bertz CT molecular complexity index is 863. The maximum atomic E-state index is 13.7. The minimum absolute atomic E-state index is 0.310. The number of carbonyl (C=O) groups excluding carboxylic acids is 2. The Morgan fingerprint density at radius 1 is 1.04 bits per heavy atom. The van der Waals surface area contributed by atoms with Crippen LogP contribution in [0, 0.1) is 22.7 Å². The van der Waals surface area contributed by atoms with Crippen LogP contribution in [-0.2, 0) is 15.0 Å². The molecule has 4 atom stereocenters. The van der Waals surface area contributed by atoms with E-state index in [1.54, 1.807) is 36.4 Å². The van der Waals surface area contributed by atoms with E-state index in [-0.39, 0.29) is 0 Å². The number of allylic oxidation sites excluding steroid dienone is 2. The number of halogens is 4. The summed E-state index contributed by atoms with van der Waals surface area (Å²) in [6.07, 6.45) is -1.45. The van der Waals surface area contributed by atoms with Crippen LogP contribution in [0.2, 0.25) is 0 Å². The molecule has 0 saturated heterocycles. The molecule has 27 heavy (non-hydrogen) atoms. The topological polar surface area (TPSA) is 86.2 Å². The highest BCUT2D eigenvalue weighted by Gasteiger charge is 2.84. The molecule has 0 radical (unpaired) electrons. The third-order valence-corrected chi connectivity index (χ3v) is 7.40. The third-order valence-electron chi connectivity index (χ3n) is 6.87. The zero-order chi connectivity index (χ0) is 19.8. The average Bonchev–Trinajstić information content (AvgIpc) is 3.21. The highest BCUT2D eigenvalue weighted by atomic mass is 79.9. The van der Waals surface area contributed by atoms with E-state index in [9.17, 15) is 22.8 Å². The highest BCUT2D eigenvalue weighted by molar-refractivity contribution is 9.10. The van der Waals surface area contributed by atoms with Crippen molar-refractivity contribution in [3.05, 3.63) is 46.5 Å². The van der Waals surface area contributed by atoms with Gasteiger partial charge >= 0.3 is 6.18 Å². The van der Waals surface area contributed by atoms with Crippen LogP contribution in [0.1, 0.15) is 24.8 Å². The first-order valence-electron chi connectivity index (χ1n) is 8.63. The van der Waals surface area contributed by atoms with Gasteiger partial charge in [0.15, 0.2) is 0 Å². The van der Waals surface area contributed by atoms with E-state index in [1.807, 2.05) is 0 Å². The van der Waals surface area contributed by atoms with E-state index < -0.39 is 52.5 Å². The van der Waals surface area contributed by atoms with Crippen molar-refractivity contribution in [2.75, 3.05) is 0 Å². The van der Waals surface area contributed by atoms with Gasteiger partial charge in [-0.15, -0.1) is 0 Å². The molecule has 3 aliphatic carbocycles. The second kappa shape index (κ2) is 5.37. The van der Waals surface area contributed by atoms with Crippen LogP contribution in [0.15, 0.2) is 40.9 Å². The normalized spacial score (nSPS) is 35.6. The number of primary amides is 2. The van der Waals surface area contributed by atoms with Crippen LogP contribution >= 0.6 is 15.9 Å². The largest absolute Gasteiger partial charge is 0.390 e. The van der Waals surface area contributed by atoms with E-state index >= 15 is 0 Å². The summed E-state index contributed by atoms with van der Waals surface area (Å²) in [6, 6.07) is 6.39. The number of nitrogens with two attached hydrogens (primary N) is 2. The number of carbonyl (C=O) groups is 2. The van der Waals surface area contributed by atoms with Gasteiger partial charge in [0.25, 0.3) is 0 Å². The Hall–Kier alpha value is -1.83. The second-order valence-electron chi connectivity index (χ2n) is 7.88. The van der Waals surface area contributed by atoms with Gasteiger partial charge in [-0.2, -0.15) is 13.2 Å². The summed E-state index contributed by atoms with van der Waals surface area (Å²) >= 11 is 3.29. The first-order chi connectivity index (χ1) is 12.5. The van der Waals surface area contributed by atoms with Gasteiger partial charge in [0.05, 0.1) is 17.3 Å². The molecule has 0 aliphatic heterocycles. The van der Waals surface area contributed by atoms with Gasteiger partial charge in [0, 0.05) is 10.4 Å². The lowest BCUT2D eigenvalue weighted by Gasteiger charge is -2.48. The van der Waals surface area contributed by atoms with E-state index in [4.69, 9.17) is 11.5 Å². The van der Waals surface area contributed by atoms with Crippen LogP contribution < -0.4 is 11.5 Å². The number of amides is 2. The Morgan fingerprint density at radius 2 is 1.59 bits per heavy atom. The molecule has 2 fully saturated rings. The summed E-state index contributed by atoms with van der Waals surface area (Å²) in [5.74, 6) is -3.39. The van der Waals surface area contributed by atoms with Gasteiger partial charge in [-0.05, 0) is 41.9 Å². The fourth-order valence-electron chi connectivity index (χ4n) is 5.98. The van der Waals surface area contributed by atoms with Crippen molar-refractivity contribution in [3.63, 3.8) is 0 Å². The lowest BCUT2D eigenvalue weighted by atomic mass is 9.52. The minimum atomic E-state index is -4.68. The molecule has 0 aromatic heterocycles. The third kappa shape index (κ3) is 2.10. The lowest BCUT2D eigenvalue weighted by Crippen LogP contribution is -2.63. The number of hydrogen-bond acceptors (Lipinski definition) is 2. The summed E-state index contributed by atoms with van der Waals surface area (Å²) in [7, 11) is 0. The molecule has 144 valence electrons. The molecule has 1 spiro atoms. The number of alkyl halides is 3. The SMILES string of the molecule is NC(=O)[C@]1(CC(F)(F)F)[C@@H]2C=C[C@@H](C23CC3)[C@@]1(C(N)=O)c1ccc(Br)cc1. The predicted octanol–water partition coefficient (Wildman–Crippen LogP) is 3.19. The molecule has 0 unspecified atom stereocenters. The smallest absolute Gasteiger partial charge is 0.369 e. The number of benzene rings is 1.